The Morgan fingerprint density at radius 2 is 1.82 bits per heavy atom. The lowest BCUT2D eigenvalue weighted by Gasteiger charge is -2.17. The molecule has 0 saturated carbocycles. The number of benzene rings is 1. The first-order valence-electron chi connectivity index (χ1n) is 10.3. The zero-order valence-corrected chi connectivity index (χ0v) is 21.8. The molecular formula is C22H24N6O3S3. The highest BCUT2D eigenvalue weighted by molar-refractivity contribution is 8.00. The van der Waals surface area contributed by atoms with Crippen molar-refractivity contribution < 1.29 is 13.2 Å². The quantitative estimate of drug-likeness (QED) is 0.422. The monoisotopic (exact) mass is 516 g/mol. The molecule has 1 atom stereocenters. The van der Waals surface area contributed by atoms with E-state index in [-0.39, 0.29) is 15.9 Å². The number of hydrogen-bond donors (Lipinski definition) is 2. The fourth-order valence-electron chi connectivity index (χ4n) is 3.04. The van der Waals surface area contributed by atoms with Crippen LogP contribution in [-0.4, -0.2) is 34.8 Å². The third-order valence-electron chi connectivity index (χ3n) is 5.17. The van der Waals surface area contributed by atoms with E-state index in [1.54, 1.807) is 6.92 Å². The van der Waals surface area contributed by atoms with Gasteiger partial charge in [-0.2, -0.15) is 5.26 Å². The van der Waals surface area contributed by atoms with E-state index in [0.29, 0.717) is 27.7 Å². The molecule has 12 heteroatoms. The number of nitrogens with one attached hydrogen (secondary N) is 2. The van der Waals surface area contributed by atoms with E-state index >= 15 is 0 Å². The zero-order valence-electron chi connectivity index (χ0n) is 19.3. The van der Waals surface area contributed by atoms with Gasteiger partial charge in [-0.3, -0.25) is 9.52 Å². The number of hydrogen-bond acceptors (Lipinski definition) is 9. The molecule has 0 aliphatic carbocycles. The molecule has 0 aliphatic rings. The van der Waals surface area contributed by atoms with Crippen LogP contribution in [0.5, 0.6) is 0 Å². The summed E-state index contributed by atoms with van der Waals surface area (Å²) in [5.41, 5.74) is 3.58. The molecule has 0 fully saturated rings. The second-order valence-electron chi connectivity index (χ2n) is 7.50. The molecule has 0 aliphatic heterocycles. The van der Waals surface area contributed by atoms with Crippen LogP contribution in [-0.2, 0) is 14.8 Å². The Labute approximate surface area is 207 Å². The SMILES string of the molecule is CCC(Sc1nc(C)c(C)c(C)c1C#N)C(=O)Nc1ccc(S(=O)(=O)Nc2nnc(C)s2)cc1. The number of pyridine rings is 1. The van der Waals surface area contributed by atoms with Crippen LogP contribution in [0, 0.1) is 39.0 Å². The van der Waals surface area contributed by atoms with Gasteiger partial charge in [0.1, 0.15) is 16.1 Å². The van der Waals surface area contributed by atoms with Crippen molar-refractivity contribution in [3.63, 3.8) is 0 Å². The lowest BCUT2D eigenvalue weighted by Crippen LogP contribution is -2.25. The average Bonchev–Trinajstić information content (AvgIpc) is 3.20. The Balaban J connectivity index is 1.73. The predicted molar refractivity (Wildman–Crippen MR) is 134 cm³/mol. The maximum atomic E-state index is 12.9. The summed E-state index contributed by atoms with van der Waals surface area (Å²) in [6.45, 7) is 9.29. The highest BCUT2D eigenvalue weighted by Gasteiger charge is 2.23. The topological polar surface area (TPSA) is 138 Å². The van der Waals surface area contributed by atoms with Gasteiger partial charge in [0.2, 0.25) is 11.0 Å². The summed E-state index contributed by atoms with van der Waals surface area (Å²) < 4.78 is 27.5. The molecule has 1 unspecified atom stereocenters. The number of carbonyl (C=O) groups excluding carboxylic acids is 1. The summed E-state index contributed by atoms with van der Waals surface area (Å²) in [4.78, 5) is 17.5. The molecule has 0 saturated heterocycles. The first kappa shape index (κ1) is 25.6. The van der Waals surface area contributed by atoms with Crippen molar-refractivity contribution in [2.75, 3.05) is 10.0 Å². The van der Waals surface area contributed by atoms with Crippen LogP contribution in [0.15, 0.2) is 34.2 Å². The number of amides is 1. The molecule has 34 heavy (non-hydrogen) atoms. The minimum atomic E-state index is -3.82. The fraction of sp³-hybridized carbons (Fsp3) is 0.318. The van der Waals surface area contributed by atoms with Gasteiger partial charge >= 0.3 is 0 Å². The van der Waals surface area contributed by atoms with Crippen molar-refractivity contribution in [1.29, 1.82) is 5.26 Å². The summed E-state index contributed by atoms with van der Waals surface area (Å²) in [5.74, 6) is -0.257. The van der Waals surface area contributed by atoms with E-state index in [1.165, 1.54) is 36.0 Å². The molecule has 178 valence electrons. The van der Waals surface area contributed by atoms with E-state index < -0.39 is 15.3 Å². The first-order chi connectivity index (χ1) is 16.1. The van der Waals surface area contributed by atoms with Gasteiger partial charge in [-0.15, -0.1) is 10.2 Å². The molecule has 1 aromatic carbocycles. The standard InChI is InChI=1S/C22H24N6O3S3/c1-6-19(33-21-18(11-23)13(3)12(2)14(4)24-21)20(29)25-16-7-9-17(10-8-16)34(30,31)28-22-27-26-15(5)32-22/h7-10,19H,6H2,1-5H3,(H,25,29)(H,27,28). The predicted octanol–water partition coefficient (Wildman–Crippen LogP) is 4.35. The van der Waals surface area contributed by atoms with Crippen molar-refractivity contribution in [3.05, 3.63) is 51.7 Å². The van der Waals surface area contributed by atoms with Gasteiger partial charge in [0.15, 0.2) is 0 Å². The van der Waals surface area contributed by atoms with Gasteiger partial charge in [-0.1, -0.05) is 30.0 Å². The van der Waals surface area contributed by atoms with Crippen molar-refractivity contribution in [2.45, 2.75) is 56.2 Å². The molecule has 3 rings (SSSR count). The molecule has 1 amide bonds. The smallest absolute Gasteiger partial charge is 0.263 e. The zero-order chi connectivity index (χ0) is 25.0. The van der Waals surface area contributed by atoms with E-state index in [0.717, 1.165) is 28.2 Å². The highest BCUT2D eigenvalue weighted by atomic mass is 32.2. The Morgan fingerprint density at radius 1 is 1.15 bits per heavy atom. The van der Waals surface area contributed by atoms with Crippen LogP contribution in [0.2, 0.25) is 0 Å². The number of aryl methyl sites for hydroxylation is 2. The van der Waals surface area contributed by atoms with Gasteiger partial charge < -0.3 is 5.32 Å². The van der Waals surface area contributed by atoms with Gasteiger partial charge in [0.05, 0.1) is 15.7 Å². The lowest BCUT2D eigenvalue weighted by atomic mass is 10.1. The summed E-state index contributed by atoms with van der Waals surface area (Å²) in [6.07, 6.45) is 0.521. The highest BCUT2D eigenvalue weighted by Crippen LogP contribution is 2.31. The number of thioether (sulfide) groups is 1. The molecule has 0 bridgehead atoms. The average molecular weight is 517 g/mol. The third kappa shape index (κ3) is 5.72. The van der Waals surface area contributed by atoms with Crippen LogP contribution in [0.25, 0.3) is 0 Å². The van der Waals surface area contributed by atoms with Gasteiger partial charge in [-0.25, -0.2) is 13.4 Å². The fourth-order valence-corrected chi connectivity index (χ4v) is 5.97. The molecule has 3 aromatic rings. The van der Waals surface area contributed by atoms with Gasteiger partial charge in [-0.05, 0) is 69.5 Å². The molecule has 2 aromatic heterocycles. The molecular weight excluding hydrogens is 492 g/mol. The van der Waals surface area contributed by atoms with Crippen LogP contribution >= 0.6 is 23.1 Å². The second-order valence-corrected chi connectivity index (χ2v) is 11.6. The number of aromatic nitrogens is 3. The normalized spacial score (nSPS) is 12.1. The molecule has 0 radical (unpaired) electrons. The number of carbonyl (C=O) groups is 1. The van der Waals surface area contributed by atoms with Crippen molar-refractivity contribution in [1.82, 2.24) is 15.2 Å². The van der Waals surface area contributed by atoms with Crippen molar-refractivity contribution >= 4 is 49.8 Å². The van der Waals surface area contributed by atoms with E-state index in [9.17, 15) is 18.5 Å². The summed E-state index contributed by atoms with van der Waals surface area (Å²) >= 11 is 2.39. The maximum Gasteiger partial charge on any atom is 0.263 e. The van der Waals surface area contributed by atoms with E-state index in [1.807, 2.05) is 27.7 Å². The van der Waals surface area contributed by atoms with Crippen molar-refractivity contribution in [3.8, 4) is 6.07 Å². The number of anilines is 2. The Bertz CT molecular complexity index is 1360. The number of rotatable bonds is 8. The van der Waals surface area contributed by atoms with E-state index in [4.69, 9.17) is 0 Å². The van der Waals surface area contributed by atoms with E-state index in [2.05, 4.69) is 31.3 Å². The number of sulfonamides is 1. The summed E-state index contributed by atoms with van der Waals surface area (Å²) in [6, 6.07) is 8.06. The number of nitriles is 1. The van der Waals surface area contributed by atoms with Gasteiger partial charge in [0.25, 0.3) is 10.0 Å². The minimum absolute atomic E-state index is 0.0354. The lowest BCUT2D eigenvalue weighted by molar-refractivity contribution is -0.115. The Kier molecular flexibility index (Phi) is 7.91. The summed E-state index contributed by atoms with van der Waals surface area (Å²) in [7, 11) is -3.82. The Morgan fingerprint density at radius 3 is 2.38 bits per heavy atom. The first-order valence-corrected chi connectivity index (χ1v) is 13.5. The summed E-state index contributed by atoms with van der Waals surface area (Å²) in [5, 5.41) is 20.9. The van der Waals surface area contributed by atoms with Crippen molar-refractivity contribution in [2.24, 2.45) is 0 Å². The van der Waals surface area contributed by atoms with Crippen LogP contribution < -0.4 is 10.0 Å². The maximum absolute atomic E-state index is 12.9. The van der Waals surface area contributed by atoms with Crippen LogP contribution in [0.3, 0.4) is 0 Å². The second kappa shape index (κ2) is 10.5. The third-order valence-corrected chi connectivity index (χ3v) is 8.76. The van der Waals surface area contributed by atoms with Crippen LogP contribution in [0.1, 0.15) is 40.7 Å². The molecule has 9 nitrogen and oxygen atoms in total. The van der Waals surface area contributed by atoms with Gasteiger partial charge in [0, 0.05) is 11.4 Å². The number of nitrogens with zero attached hydrogens (tertiary/aromatic N) is 4. The largest absolute Gasteiger partial charge is 0.325 e. The molecule has 2 heterocycles. The molecule has 0 spiro atoms. The van der Waals surface area contributed by atoms with Crippen LogP contribution in [0.4, 0.5) is 10.8 Å². The molecule has 2 N–H and O–H groups in total. The Hall–Kier alpha value is -3.01. The minimum Gasteiger partial charge on any atom is -0.325 e.